The molecule has 2 rings (SSSR count). The molecule has 0 atom stereocenters. The summed E-state index contributed by atoms with van der Waals surface area (Å²) >= 11 is 5.61. The second kappa shape index (κ2) is 7.94. The van der Waals surface area contributed by atoms with E-state index in [2.05, 4.69) is 9.71 Å². The maximum atomic E-state index is 13.9. The predicted molar refractivity (Wildman–Crippen MR) is 89.8 cm³/mol. The van der Waals surface area contributed by atoms with Crippen LogP contribution in [0, 0.1) is 5.82 Å². The Morgan fingerprint density at radius 2 is 2.16 bits per heavy atom. The largest absolute Gasteiger partial charge is 0.478 e. The van der Waals surface area contributed by atoms with Gasteiger partial charge in [-0.05, 0) is 18.6 Å². The van der Waals surface area contributed by atoms with E-state index in [-0.39, 0.29) is 11.6 Å². The van der Waals surface area contributed by atoms with Gasteiger partial charge < -0.3 is 9.67 Å². The van der Waals surface area contributed by atoms with E-state index < -0.39 is 32.3 Å². The number of imidazole rings is 1. The minimum absolute atomic E-state index is 0.0636. The van der Waals surface area contributed by atoms with Crippen molar-refractivity contribution in [1.29, 1.82) is 0 Å². The number of halogens is 2. The van der Waals surface area contributed by atoms with Crippen LogP contribution in [-0.4, -0.2) is 35.6 Å². The predicted octanol–water partition coefficient (Wildman–Crippen LogP) is 2.30. The molecule has 10 heteroatoms. The van der Waals surface area contributed by atoms with Crippen LogP contribution in [0.15, 0.2) is 29.4 Å². The number of rotatable bonds is 8. The van der Waals surface area contributed by atoms with Gasteiger partial charge in [-0.15, -0.1) is 0 Å². The first-order valence-electron chi connectivity index (χ1n) is 7.48. The number of sulfonamides is 1. The lowest BCUT2D eigenvalue weighted by molar-refractivity contribution is 0.0696. The monoisotopic (exact) mass is 389 g/mol. The fourth-order valence-corrected chi connectivity index (χ4v) is 3.68. The number of hydrogen-bond acceptors (Lipinski definition) is 4. The molecule has 0 saturated carbocycles. The second-order valence-corrected chi connectivity index (χ2v) is 7.35. The summed E-state index contributed by atoms with van der Waals surface area (Å²) in [6.07, 6.45) is 4.68. The number of hydrogen-bond donors (Lipinski definition) is 2. The molecule has 0 aliphatic carbocycles. The molecule has 0 amide bonds. The molecule has 0 bridgehead atoms. The van der Waals surface area contributed by atoms with Crippen LogP contribution in [0.3, 0.4) is 0 Å². The normalized spacial score (nSPS) is 11.6. The number of aromatic carboxylic acids is 1. The summed E-state index contributed by atoms with van der Waals surface area (Å²) in [5.41, 5.74) is -0.477. The highest BCUT2D eigenvalue weighted by molar-refractivity contribution is 7.89. The molecule has 136 valence electrons. The van der Waals surface area contributed by atoms with Crippen LogP contribution in [0.5, 0.6) is 0 Å². The van der Waals surface area contributed by atoms with Crippen molar-refractivity contribution < 1.29 is 22.7 Å². The van der Waals surface area contributed by atoms with Crippen LogP contribution < -0.4 is 4.72 Å². The van der Waals surface area contributed by atoms with Gasteiger partial charge in [0.15, 0.2) is 0 Å². The Morgan fingerprint density at radius 3 is 2.80 bits per heavy atom. The Balaban J connectivity index is 2.07. The molecular formula is C15H17ClFN3O4S. The van der Waals surface area contributed by atoms with Crippen LogP contribution in [0.1, 0.15) is 29.5 Å². The average molecular weight is 390 g/mol. The average Bonchev–Trinajstić information content (AvgIpc) is 2.98. The van der Waals surface area contributed by atoms with E-state index in [0.717, 1.165) is 12.2 Å². The van der Waals surface area contributed by atoms with Gasteiger partial charge >= 0.3 is 5.97 Å². The number of benzene rings is 1. The molecule has 1 aromatic carbocycles. The van der Waals surface area contributed by atoms with Crippen LogP contribution in [0.2, 0.25) is 5.02 Å². The zero-order valence-corrected chi connectivity index (χ0v) is 14.9. The van der Waals surface area contributed by atoms with E-state index in [1.807, 2.05) is 11.5 Å². The third-order valence-corrected chi connectivity index (χ3v) is 5.32. The first-order valence-corrected chi connectivity index (χ1v) is 9.34. The van der Waals surface area contributed by atoms with Crippen molar-refractivity contribution in [2.75, 3.05) is 6.54 Å². The van der Waals surface area contributed by atoms with E-state index in [1.165, 1.54) is 0 Å². The SMILES string of the molecule is CCc1nccn1CCCNS(=O)(=O)c1cc(C(=O)O)c(Cl)cc1F. The van der Waals surface area contributed by atoms with Crippen LogP contribution in [0.25, 0.3) is 0 Å². The Hall–Kier alpha value is -1.97. The maximum Gasteiger partial charge on any atom is 0.337 e. The summed E-state index contributed by atoms with van der Waals surface area (Å²) in [4.78, 5) is 14.5. The Bertz CT molecular complexity index is 883. The number of aromatic nitrogens is 2. The lowest BCUT2D eigenvalue weighted by Gasteiger charge is -2.10. The summed E-state index contributed by atoms with van der Waals surface area (Å²) in [6.45, 7) is 2.58. The van der Waals surface area contributed by atoms with Crippen LogP contribution in [0.4, 0.5) is 4.39 Å². The van der Waals surface area contributed by atoms with Gasteiger partial charge in [0.1, 0.15) is 16.5 Å². The molecule has 0 saturated heterocycles. The van der Waals surface area contributed by atoms with Gasteiger partial charge in [-0.1, -0.05) is 18.5 Å². The Labute approximate surface area is 149 Å². The van der Waals surface area contributed by atoms with Gasteiger partial charge in [-0.3, -0.25) is 0 Å². The zero-order chi connectivity index (χ0) is 18.6. The molecule has 2 N–H and O–H groups in total. The molecular weight excluding hydrogens is 373 g/mol. The van der Waals surface area contributed by atoms with E-state index in [1.54, 1.807) is 12.4 Å². The summed E-state index contributed by atoms with van der Waals surface area (Å²) in [7, 11) is -4.19. The highest BCUT2D eigenvalue weighted by atomic mass is 35.5. The van der Waals surface area contributed by atoms with Crippen LogP contribution in [-0.2, 0) is 23.0 Å². The molecule has 1 aromatic heterocycles. The standard InChI is InChI=1S/C15H17ClFN3O4S/c1-2-14-18-5-7-20(14)6-3-4-19-25(23,24)13-8-10(15(21)22)11(16)9-12(13)17/h5,7-9,19H,2-4,6H2,1H3,(H,21,22). The quantitative estimate of drug-likeness (QED) is 0.674. The summed E-state index contributed by atoms with van der Waals surface area (Å²) in [6, 6.07) is 1.39. The third kappa shape index (κ3) is 4.56. The number of carbonyl (C=O) groups is 1. The maximum absolute atomic E-state index is 13.9. The molecule has 0 unspecified atom stereocenters. The number of carboxylic acid groups (broad SMARTS) is 1. The van der Waals surface area contributed by atoms with Gasteiger partial charge in [-0.2, -0.15) is 0 Å². The minimum atomic E-state index is -4.19. The number of nitrogens with zero attached hydrogens (tertiary/aromatic N) is 2. The Morgan fingerprint density at radius 1 is 1.44 bits per heavy atom. The number of nitrogens with one attached hydrogen (secondary N) is 1. The fraction of sp³-hybridized carbons (Fsp3) is 0.333. The zero-order valence-electron chi connectivity index (χ0n) is 13.4. The number of aryl methyl sites for hydroxylation is 2. The second-order valence-electron chi connectivity index (χ2n) is 5.21. The van der Waals surface area contributed by atoms with Crippen LogP contribution >= 0.6 is 11.6 Å². The highest BCUT2D eigenvalue weighted by Crippen LogP contribution is 2.24. The lowest BCUT2D eigenvalue weighted by atomic mass is 10.2. The summed E-state index contributed by atoms with van der Waals surface area (Å²) < 4.78 is 42.5. The van der Waals surface area contributed by atoms with Gasteiger partial charge in [0, 0.05) is 31.9 Å². The van der Waals surface area contributed by atoms with E-state index in [4.69, 9.17) is 16.7 Å². The molecule has 0 aliphatic heterocycles. The lowest BCUT2D eigenvalue weighted by Crippen LogP contribution is -2.27. The van der Waals surface area contributed by atoms with Crippen molar-refractivity contribution >= 4 is 27.6 Å². The van der Waals surface area contributed by atoms with E-state index in [9.17, 15) is 17.6 Å². The first kappa shape index (κ1) is 19.4. The van der Waals surface area contributed by atoms with Gasteiger partial charge in [0.25, 0.3) is 0 Å². The van der Waals surface area contributed by atoms with Crippen molar-refractivity contribution in [2.24, 2.45) is 0 Å². The molecule has 0 radical (unpaired) electrons. The molecule has 0 spiro atoms. The van der Waals surface area contributed by atoms with E-state index >= 15 is 0 Å². The molecule has 7 nitrogen and oxygen atoms in total. The molecule has 25 heavy (non-hydrogen) atoms. The van der Waals surface area contributed by atoms with Crippen molar-refractivity contribution in [2.45, 2.75) is 31.2 Å². The Kier molecular flexibility index (Phi) is 6.15. The highest BCUT2D eigenvalue weighted by Gasteiger charge is 2.23. The van der Waals surface area contributed by atoms with Crippen molar-refractivity contribution in [1.82, 2.24) is 14.3 Å². The van der Waals surface area contributed by atoms with Gasteiger partial charge in [0.2, 0.25) is 10.0 Å². The van der Waals surface area contributed by atoms with Gasteiger partial charge in [0.05, 0.1) is 10.6 Å². The van der Waals surface area contributed by atoms with Crippen molar-refractivity contribution in [3.05, 3.63) is 46.8 Å². The summed E-state index contributed by atoms with van der Waals surface area (Å²) in [5.74, 6) is -1.66. The third-order valence-electron chi connectivity index (χ3n) is 3.53. The van der Waals surface area contributed by atoms with Gasteiger partial charge in [-0.25, -0.2) is 27.3 Å². The van der Waals surface area contributed by atoms with Crippen molar-refractivity contribution in [3.63, 3.8) is 0 Å². The topological polar surface area (TPSA) is 101 Å². The molecule has 0 fully saturated rings. The number of carboxylic acids is 1. The van der Waals surface area contributed by atoms with E-state index in [0.29, 0.717) is 25.1 Å². The molecule has 0 aliphatic rings. The fourth-order valence-electron chi connectivity index (χ4n) is 2.29. The summed E-state index contributed by atoms with van der Waals surface area (Å²) in [5, 5.41) is 8.62. The molecule has 2 aromatic rings. The molecule has 1 heterocycles. The van der Waals surface area contributed by atoms with Crippen molar-refractivity contribution in [3.8, 4) is 0 Å². The first-order chi connectivity index (χ1) is 11.8. The smallest absolute Gasteiger partial charge is 0.337 e. The minimum Gasteiger partial charge on any atom is -0.478 e.